The van der Waals surface area contributed by atoms with Gasteiger partial charge in [0.1, 0.15) is 0 Å². The van der Waals surface area contributed by atoms with Gasteiger partial charge in [0.15, 0.2) is 0 Å². The summed E-state index contributed by atoms with van der Waals surface area (Å²) in [5, 5.41) is 31.2. The van der Waals surface area contributed by atoms with Crippen LogP contribution < -0.4 is 0 Å². The molecule has 2 atom stereocenters. The van der Waals surface area contributed by atoms with Crippen LogP contribution in [0.4, 0.5) is 0 Å². The Hall–Kier alpha value is -3.50. The SMILES string of the molecule is CC(C)=CC[C@H](CC/C(C)=C/C=C/C(C)=C/C=C/C(C)=C/C=C/C=C(C)/C=C/C=C(C)/C=C/C=C(C)/C=C/[C@H](CCC(C)(C)O)C(C)(C)O)C(C)(C)O. The molecule has 3 nitrogen and oxygen atoms in total. The lowest BCUT2D eigenvalue weighted by atomic mass is 9.83. The maximum Gasteiger partial charge on any atom is 0.0654 e. The van der Waals surface area contributed by atoms with E-state index in [1.165, 1.54) is 22.3 Å². The Bertz CT molecular complexity index is 1490. The molecule has 0 aromatic carbocycles. The van der Waals surface area contributed by atoms with Gasteiger partial charge in [-0.15, -0.1) is 0 Å². The van der Waals surface area contributed by atoms with Gasteiger partial charge in [-0.05, 0) is 135 Å². The molecule has 53 heavy (non-hydrogen) atoms. The minimum Gasteiger partial charge on any atom is -0.390 e. The van der Waals surface area contributed by atoms with Crippen LogP contribution >= 0.6 is 0 Å². The van der Waals surface area contributed by atoms with Gasteiger partial charge in [0, 0.05) is 5.92 Å². The molecule has 3 heteroatoms. The van der Waals surface area contributed by atoms with E-state index in [0.29, 0.717) is 6.42 Å². The number of hydrogen-bond donors (Lipinski definition) is 3. The summed E-state index contributed by atoms with van der Waals surface area (Å²) < 4.78 is 0. The quantitative estimate of drug-likeness (QED) is 0.0769. The van der Waals surface area contributed by atoms with Crippen molar-refractivity contribution in [1.29, 1.82) is 0 Å². The maximum absolute atomic E-state index is 10.6. The van der Waals surface area contributed by atoms with E-state index in [9.17, 15) is 15.3 Å². The zero-order valence-electron chi connectivity index (χ0n) is 36.0. The van der Waals surface area contributed by atoms with Crippen molar-refractivity contribution in [3.05, 3.63) is 154 Å². The largest absolute Gasteiger partial charge is 0.390 e. The lowest BCUT2D eigenvalue weighted by Crippen LogP contribution is -2.31. The first-order valence-electron chi connectivity index (χ1n) is 19.4. The minimum absolute atomic E-state index is 0.0334. The normalized spacial score (nSPS) is 16.8. The fourth-order valence-corrected chi connectivity index (χ4v) is 5.20. The van der Waals surface area contributed by atoms with Crippen LogP contribution in [0.15, 0.2) is 154 Å². The van der Waals surface area contributed by atoms with Crippen LogP contribution in [0.5, 0.6) is 0 Å². The molecule has 0 aliphatic rings. The van der Waals surface area contributed by atoms with Crippen LogP contribution in [0.1, 0.15) is 129 Å². The lowest BCUT2D eigenvalue weighted by Gasteiger charge is -2.29. The van der Waals surface area contributed by atoms with E-state index in [4.69, 9.17) is 0 Å². The minimum atomic E-state index is -0.843. The third-order valence-corrected chi connectivity index (χ3v) is 8.99. The molecule has 0 aliphatic carbocycles. The monoisotopic (exact) mass is 725 g/mol. The molecule has 0 heterocycles. The Morgan fingerprint density at radius 3 is 1.26 bits per heavy atom. The highest BCUT2D eigenvalue weighted by molar-refractivity contribution is 5.33. The van der Waals surface area contributed by atoms with Crippen molar-refractivity contribution < 1.29 is 15.3 Å². The van der Waals surface area contributed by atoms with Gasteiger partial charge in [-0.3, -0.25) is 0 Å². The van der Waals surface area contributed by atoms with Gasteiger partial charge in [0.25, 0.3) is 0 Å². The van der Waals surface area contributed by atoms with Crippen molar-refractivity contribution in [3.63, 3.8) is 0 Å². The molecule has 0 spiro atoms. The fourth-order valence-electron chi connectivity index (χ4n) is 5.20. The summed E-state index contributed by atoms with van der Waals surface area (Å²) in [6.07, 6.45) is 44.1. The van der Waals surface area contributed by atoms with E-state index in [2.05, 4.69) is 165 Å². The van der Waals surface area contributed by atoms with Gasteiger partial charge in [-0.25, -0.2) is 0 Å². The second-order valence-corrected chi connectivity index (χ2v) is 16.8. The highest BCUT2D eigenvalue weighted by Crippen LogP contribution is 2.28. The van der Waals surface area contributed by atoms with E-state index in [-0.39, 0.29) is 11.8 Å². The molecule has 0 saturated heterocycles. The topological polar surface area (TPSA) is 60.7 Å². The van der Waals surface area contributed by atoms with Crippen molar-refractivity contribution in [3.8, 4) is 0 Å². The van der Waals surface area contributed by atoms with Gasteiger partial charge in [-0.1, -0.05) is 154 Å². The van der Waals surface area contributed by atoms with Gasteiger partial charge in [0.05, 0.1) is 16.8 Å². The van der Waals surface area contributed by atoms with Crippen molar-refractivity contribution in [2.24, 2.45) is 11.8 Å². The molecule has 0 fully saturated rings. The average molecular weight is 725 g/mol. The van der Waals surface area contributed by atoms with Gasteiger partial charge >= 0.3 is 0 Å². The molecule has 0 saturated carbocycles. The number of aliphatic hydroxyl groups is 3. The molecule has 294 valence electrons. The van der Waals surface area contributed by atoms with E-state index < -0.39 is 16.8 Å². The highest BCUT2D eigenvalue weighted by atomic mass is 16.3. The van der Waals surface area contributed by atoms with E-state index in [1.54, 1.807) is 13.8 Å². The summed E-state index contributed by atoms with van der Waals surface area (Å²) in [5.41, 5.74) is 6.14. The van der Waals surface area contributed by atoms with Crippen LogP contribution in [-0.2, 0) is 0 Å². The molecule has 0 rings (SSSR count). The van der Waals surface area contributed by atoms with Gasteiger partial charge in [-0.2, -0.15) is 0 Å². The molecule has 0 radical (unpaired) electrons. The zero-order chi connectivity index (χ0) is 40.7. The molecule has 0 amide bonds. The highest BCUT2D eigenvalue weighted by Gasteiger charge is 2.27. The Morgan fingerprint density at radius 2 is 0.887 bits per heavy atom. The van der Waals surface area contributed by atoms with Crippen molar-refractivity contribution in [1.82, 2.24) is 0 Å². The van der Waals surface area contributed by atoms with Crippen LogP contribution in [0.25, 0.3) is 0 Å². The van der Waals surface area contributed by atoms with Crippen LogP contribution in [0.3, 0.4) is 0 Å². The predicted molar refractivity (Wildman–Crippen MR) is 236 cm³/mol. The molecule has 0 aromatic rings. The third kappa shape index (κ3) is 28.7. The number of allylic oxidation sites excluding steroid dienone is 25. The first-order chi connectivity index (χ1) is 24.5. The van der Waals surface area contributed by atoms with Crippen LogP contribution in [0.2, 0.25) is 0 Å². The van der Waals surface area contributed by atoms with Crippen LogP contribution in [-0.4, -0.2) is 32.1 Å². The number of rotatable bonds is 22. The molecule has 0 aliphatic heterocycles. The summed E-state index contributed by atoms with van der Waals surface area (Å²) in [7, 11) is 0. The van der Waals surface area contributed by atoms with Crippen LogP contribution in [0, 0.1) is 11.8 Å². The maximum atomic E-state index is 10.6. The summed E-state index contributed by atoms with van der Waals surface area (Å²) >= 11 is 0. The first kappa shape index (κ1) is 49.5. The summed E-state index contributed by atoms with van der Waals surface area (Å²) in [6, 6.07) is 0. The Kier molecular flexibility index (Phi) is 23.8. The zero-order valence-corrected chi connectivity index (χ0v) is 36.0. The predicted octanol–water partition coefficient (Wildman–Crippen LogP) is 13.5. The average Bonchev–Trinajstić information content (AvgIpc) is 3.01. The standard InChI is InChI=1S/C50H76O3/c1-39(2)31-34-46(49(11,12)52)35-32-44(7)29-19-27-42(5)25-17-23-40(3)21-15-16-22-41(4)24-18-26-43(6)28-20-30-45(8)33-36-47(50(13,14)53)37-38-48(9,10)51/h15-31,33,36,46-47,51-53H,32,34-35,37-38H2,1-14H3/b16-15+,23-17+,24-18+,27-19+,28-20+,36-33+,40-21+,41-22+,42-25+,43-26+,44-29+,45-30+/t46-,47-/m1/s1. The lowest BCUT2D eigenvalue weighted by molar-refractivity contribution is 0.0136. The summed E-state index contributed by atoms with van der Waals surface area (Å²) in [4.78, 5) is 0. The Labute approximate surface area is 326 Å². The van der Waals surface area contributed by atoms with Gasteiger partial charge < -0.3 is 15.3 Å². The third-order valence-electron chi connectivity index (χ3n) is 8.99. The van der Waals surface area contributed by atoms with Crippen molar-refractivity contribution >= 4 is 0 Å². The second-order valence-electron chi connectivity index (χ2n) is 16.8. The fraction of sp³-hybridized carbons (Fsp3) is 0.480. The molecule has 3 N–H and O–H groups in total. The Morgan fingerprint density at radius 1 is 0.491 bits per heavy atom. The van der Waals surface area contributed by atoms with Crippen molar-refractivity contribution in [2.45, 2.75) is 146 Å². The smallest absolute Gasteiger partial charge is 0.0654 e. The first-order valence-corrected chi connectivity index (χ1v) is 19.4. The molecule has 0 aromatic heterocycles. The Balaban J connectivity index is 5.01. The molecule has 0 unspecified atom stereocenters. The van der Waals surface area contributed by atoms with E-state index in [1.807, 2.05) is 33.8 Å². The molecule has 0 bridgehead atoms. The second kappa shape index (κ2) is 25.5. The van der Waals surface area contributed by atoms with E-state index >= 15 is 0 Å². The summed E-state index contributed by atoms with van der Waals surface area (Å²) in [6.45, 7) is 27.9. The summed E-state index contributed by atoms with van der Waals surface area (Å²) in [5.74, 6) is 0.214. The van der Waals surface area contributed by atoms with E-state index in [0.717, 1.165) is 42.4 Å². The van der Waals surface area contributed by atoms with Gasteiger partial charge in [0.2, 0.25) is 0 Å². The number of hydrogen-bond acceptors (Lipinski definition) is 3. The molecular weight excluding hydrogens is 649 g/mol. The molecular formula is C50H76O3. The van der Waals surface area contributed by atoms with Crippen molar-refractivity contribution in [2.75, 3.05) is 0 Å².